The van der Waals surface area contributed by atoms with E-state index >= 15 is 0 Å². The summed E-state index contributed by atoms with van der Waals surface area (Å²) in [6.07, 6.45) is 4.19. The van der Waals surface area contributed by atoms with E-state index in [1.54, 1.807) is 38.1 Å². The molecule has 170 valence electrons. The smallest absolute Gasteiger partial charge is 0.411 e. The molecule has 32 heavy (non-hydrogen) atoms. The average Bonchev–Trinajstić information content (AvgIpc) is 3.26. The maximum absolute atomic E-state index is 12.5. The number of oxazole rings is 1. The fourth-order valence-electron chi connectivity index (χ4n) is 2.74. The zero-order chi connectivity index (χ0) is 23.7. The number of aromatic nitrogens is 1. The molecular formula is C23H27N3O6. The molecule has 1 aromatic heterocycles. The van der Waals surface area contributed by atoms with Crippen molar-refractivity contribution in [2.24, 2.45) is 5.92 Å². The van der Waals surface area contributed by atoms with Crippen LogP contribution in [-0.4, -0.2) is 36.7 Å². The van der Waals surface area contributed by atoms with Crippen molar-refractivity contribution in [2.75, 3.05) is 24.4 Å². The molecular weight excluding hydrogens is 414 g/mol. The van der Waals surface area contributed by atoms with E-state index in [1.807, 2.05) is 0 Å². The first-order valence-electron chi connectivity index (χ1n) is 10.0. The first-order chi connectivity index (χ1) is 15.3. The summed E-state index contributed by atoms with van der Waals surface area (Å²) in [7, 11) is 1.25. The molecule has 2 amide bonds. The number of hydrogen-bond acceptors (Lipinski definition) is 7. The molecule has 9 nitrogen and oxygen atoms in total. The minimum atomic E-state index is -0.736. The van der Waals surface area contributed by atoms with Crippen molar-refractivity contribution in [1.29, 1.82) is 0 Å². The minimum Gasteiger partial charge on any atom is -0.465 e. The van der Waals surface area contributed by atoms with Gasteiger partial charge in [0, 0.05) is 11.3 Å². The molecule has 0 aliphatic rings. The van der Waals surface area contributed by atoms with Crippen LogP contribution >= 0.6 is 0 Å². The number of anilines is 2. The van der Waals surface area contributed by atoms with Gasteiger partial charge in [0.15, 0.2) is 5.76 Å². The van der Waals surface area contributed by atoms with Crippen LogP contribution in [0.25, 0.3) is 11.3 Å². The Morgan fingerprint density at radius 2 is 2.00 bits per heavy atom. The van der Waals surface area contributed by atoms with Crippen LogP contribution in [0.4, 0.5) is 16.2 Å². The Hall–Kier alpha value is -3.88. The molecule has 2 atom stereocenters. The van der Waals surface area contributed by atoms with E-state index in [-0.39, 0.29) is 18.4 Å². The van der Waals surface area contributed by atoms with E-state index in [0.717, 1.165) is 0 Å². The SMILES string of the molecule is C=CCC(C(=O)OCC)c1ncc(-c2ccc(NC(=O)OC)cc2NC(=O)[C@H](C)C=C)o1. The summed E-state index contributed by atoms with van der Waals surface area (Å²) in [6, 6.07) is 4.83. The highest BCUT2D eigenvalue weighted by Gasteiger charge is 2.27. The van der Waals surface area contributed by atoms with Gasteiger partial charge in [-0.15, -0.1) is 13.2 Å². The number of nitrogens with zero attached hydrogens (tertiary/aromatic N) is 1. The first kappa shape index (κ1) is 24.4. The van der Waals surface area contributed by atoms with E-state index < -0.39 is 23.9 Å². The highest BCUT2D eigenvalue weighted by Crippen LogP contribution is 2.34. The largest absolute Gasteiger partial charge is 0.465 e. The fourth-order valence-corrected chi connectivity index (χ4v) is 2.74. The number of carbonyl (C=O) groups is 3. The van der Waals surface area contributed by atoms with Crippen LogP contribution in [0.5, 0.6) is 0 Å². The third-order valence-corrected chi connectivity index (χ3v) is 4.54. The van der Waals surface area contributed by atoms with Crippen molar-refractivity contribution in [3.8, 4) is 11.3 Å². The van der Waals surface area contributed by atoms with E-state index in [1.165, 1.54) is 19.4 Å². The van der Waals surface area contributed by atoms with Crippen LogP contribution in [0, 0.1) is 5.92 Å². The van der Waals surface area contributed by atoms with Gasteiger partial charge in [0.1, 0.15) is 5.92 Å². The van der Waals surface area contributed by atoms with Crippen molar-refractivity contribution in [3.05, 3.63) is 55.6 Å². The fraction of sp³-hybridized carbons (Fsp3) is 0.304. The molecule has 2 aromatic rings. The number of benzene rings is 1. The maximum Gasteiger partial charge on any atom is 0.411 e. The van der Waals surface area contributed by atoms with Crippen molar-refractivity contribution < 1.29 is 28.3 Å². The zero-order valence-corrected chi connectivity index (χ0v) is 18.3. The standard InChI is InChI=1S/C23H27N3O6/c1-6-9-17(22(28)31-8-3)21-24-13-19(32-21)16-11-10-15(25-23(29)30-5)12-18(16)26-20(27)14(4)7-2/h6-7,10-14,17H,1-2,8-9H2,3-5H3,(H,25,29)(H,26,27)/t14-,17?/m1/s1. The number of allylic oxidation sites excluding steroid dienone is 1. The van der Waals surface area contributed by atoms with Crippen LogP contribution in [0.2, 0.25) is 0 Å². The summed E-state index contributed by atoms with van der Waals surface area (Å²) in [5.41, 5.74) is 1.28. The van der Waals surface area contributed by atoms with Crippen LogP contribution in [-0.2, 0) is 19.1 Å². The molecule has 0 spiro atoms. The molecule has 2 rings (SSSR count). The summed E-state index contributed by atoms with van der Waals surface area (Å²) in [5, 5.41) is 5.35. The average molecular weight is 441 g/mol. The van der Waals surface area contributed by atoms with Crippen molar-refractivity contribution >= 4 is 29.3 Å². The van der Waals surface area contributed by atoms with E-state index in [4.69, 9.17) is 9.15 Å². The molecule has 1 unspecified atom stereocenters. The second-order valence-corrected chi connectivity index (χ2v) is 6.78. The first-order valence-corrected chi connectivity index (χ1v) is 10.0. The van der Waals surface area contributed by atoms with Gasteiger partial charge in [-0.25, -0.2) is 9.78 Å². The summed E-state index contributed by atoms with van der Waals surface area (Å²) in [6.45, 7) is 10.9. The van der Waals surface area contributed by atoms with Gasteiger partial charge in [-0.3, -0.25) is 14.9 Å². The third-order valence-electron chi connectivity index (χ3n) is 4.54. The summed E-state index contributed by atoms with van der Waals surface area (Å²) >= 11 is 0. The van der Waals surface area contributed by atoms with Gasteiger partial charge in [0.25, 0.3) is 0 Å². The number of nitrogens with one attached hydrogen (secondary N) is 2. The molecule has 0 bridgehead atoms. The molecule has 0 radical (unpaired) electrons. The lowest BCUT2D eigenvalue weighted by molar-refractivity contribution is -0.145. The van der Waals surface area contributed by atoms with Crippen LogP contribution in [0.3, 0.4) is 0 Å². The van der Waals surface area contributed by atoms with Gasteiger partial charge in [0.05, 0.1) is 31.5 Å². The van der Waals surface area contributed by atoms with Crippen LogP contribution in [0.15, 0.2) is 54.1 Å². The van der Waals surface area contributed by atoms with Gasteiger partial charge in [-0.2, -0.15) is 0 Å². The predicted molar refractivity (Wildman–Crippen MR) is 120 cm³/mol. The monoisotopic (exact) mass is 441 g/mol. The van der Waals surface area contributed by atoms with Crippen LogP contribution < -0.4 is 10.6 Å². The van der Waals surface area contributed by atoms with Gasteiger partial charge < -0.3 is 19.2 Å². The Morgan fingerprint density at radius 1 is 1.25 bits per heavy atom. The number of amides is 2. The molecule has 9 heteroatoms. The Bertz CT molecular complexity index is 997. The van der Waals surface area contributed by atoms with Gasteiger partial charge in [-0.1, -0.05) is 19.1 Å². The van der Waals surface area contributed by atoms with Crippen LogP contribution in [0.1, 0.15) is 32.1 Å². The second kappa shape index (κ2) is 11.5. The lowest BCUT2D eigenvalue weighted by atomic mass is 10.1. The molecule has 0 saturated heterocycles. The van der Waals surface area contributed by atoms with Gasteiger partial charge in [-0.05, 0) is 31.5 Å². The highest BCUT2D eigenvalue weighted by molar-refractivity contribution is 5.98. The predicted octanol–water partition coefficient (Wildman–Crippen LogP) is 4.50. The lowest BCUT2D eigenvalue weighted by Gasteiger charge is -2.14. The quantitative estimate of drug-likeness (QED) is 0.411. The summed E-state index contributed by atoms with van der Waals surface area (Å²) in [5.74, 6) is -1.46. The molecule has 1 aromatic carbocycles. The topological polar surface area (TPSA) is 120 Å². The molecule has 0 aliphatic carbocycles. The number of carbonyl (C=O) groups excluding carboxylic acids is 3. The van der Waals surface area contributed by atoms with E-state index in [0.29, 0.717) is 29.1 Å². The van der Waals surface area contributed by atoms with Crippen molar-refractivity contribution in [2.45, 2.75) is 26.2 Å². The Morgan fingerprint density at radius 3 is 2.62 bits per heavy atom. The number of esters is 1. The maximum atomic E-state index is 12.5. The third kappa shape index (κ3) is 6.07. The Balaban J connectivity index is 2.45. The Labute approximate surface area is 186 Å². The molecule has 0 fully saturated rings. The lowest BCUT2D eigenvalue weighted by Crippen LogP contribution is -2.19. The minimum absolute atomic E-state index is 0.173. The van der Waals surface area contributed by atoms with E-state index in [9.17, 15) is 14.4 Å². The zero-order valence-electron chi connectivity index (χ0n) is 18.3. The Kier molecular flexibility index (Phi) is 8.76. The summed E-state index contributed by atoms with van der Waals surface area (Å²) < 4.78 is 15.6. The highest BCUT2D eigenvalue weighted by atomic mass is 16.5. The van der Waals surface area contributed by atoms with Crippen molar-refractivity contribution in [1.82, 2.24) is 4.98 Å². The number of hydrogen-bond donors (Lipinski definition) is 2. The van der Waals surface area contributed by atoms with Gasteiger partial charge in [0.2, 0.25) is 11.8 Å². The number of rotatable bonds is 10. The van der Waals surface area contributed by atoms with E-state index in [2.05, 4.69) is 33.5 Å². The molecule has 0 aliphatic heterocycles. The number of ether oxygens (including phenoxy) is 2. The molecule has 0 saturated carbocycles. The molecule has 1 heterocycles. The van der Waals surface area contributed by atoms with Gasteiger partial charge >= 0.3 is 12.1 Å². The van der Waals surface area contributed by atoms with Crippen molar-refractivity contribution in [3.63, 3.8) is 0 Å². The summed E-state index contributed by atoms with van der Waals surface area (Å²) in [4.78, 5) is 40.6. The molecule has 2 N–H and O–H groups in total. The second-order valence-electron chi connectivity index (χ2n) is 6.78. The normalized spacial score (nSPS) is 12.2. The number of methoxy groups -OCH3 is 1.